The van der Waals surface area contributed by atoms with Gasteiger partial charge in [0, 0.05) is 13.1 Å². The molecular weight excluding hydrogens is 336 g/mol. The Labute approximate surface area is 152 Å². The zero-order valence-electron chi connectivity index (χ0n) is 14.9. The molecule has 138 valence electrons. The Morgan fingerprint density at radius 2 is 1.88 bits per heavy atom. The van der Waals surface area contributed by atoms with Gasteiger partial charge in [-0.3, -0.25) is 4.79 Å². The summed E-state index contributed by atoms with van der Waals surface area (Å²) in [5.41, 5.74) is 0.818. The fourth-order valence-corrected chi connectivity index (χ4v) is 2.72. The van der Waals surface area contributed by atoms with E-state index in [1.165, 1.54) is 0 Å². The minimum atomic E-state index is -0.175. The number of hydrogen-bond donors (Lipinski definition) is 1. The van der Waals surface area contributed by atoms with Gasteiger partial charge in [0.25, 0.3) is 0 Å². The van der Waals surface area contributed by atoms with Gasteiger partial charge in [0.15, 0.2) is 23.1 Å². The topological polar surface area (TPSA) is 85.8 Å². The van der Waals surface area contributed by atoms with E-state index in [0.29, 0.717) is 30.5 Å². The summed E-state index contributed by atoms with van der Waals surface area (Å²) in [6.07, 6.45) is 0.202. The first-order valence-corrected chi connectivity index (χ1v) is 8.37. The number of methoxy groups -OCH3 is 2. The number of carbonyl (C=O) groups is 1. The van der Waals surface area contributed by atoms with Crippen LogP contribution in [0.5, 0.6) is 11.5 Å². The van der Waals surface area contributed by atoms with Crippen LogP contribution in [0.4, 0.5) is 11.6 Å². The summed E-state index contributed by atoms with van der Waals surface area (Å²) in [5.74, 6) is 2.25. The van der Waals surface area contributed by atoms with Crippen molar-refractivity contribution in [3.8, 4) is 11.5 Å². The molecule has 1 amide bonds. The van der Waals surface area contributed by atoms with Crippen LogP contribution in [0.15, 0.2) is 30.3 Å². The Hall–Kier alpha value is -2.87. The summed E-state index contributed by atoms with van der Waals surface area (Å²) < 4.78 is 15.8. The summed E-state index contributed by atoms with van der Waals surface area (Å²) in [5, 5.41) is 11.0. The number of ether oxygens (including phenoxy) is 3. The number of carbonyl (C=O) groups excluding carboxylic acids is 1. The Bertz CT molecular complexity index is 745. The number of aromatic nitrogens is 2. The number of amides is 1. The minimum Gasteiger partial charge on any atom is -0.493 e. The van der Waals surface area contributed by atoms with Crippen LogP contribution >= 0.6 is 0 Å². The van der Waals surface area contributed by atoms with E-state index in [1.807, 2.05) is 12.1 Å². The molecular formula is C18H22N4O4. The summed E-state index contributed by atoms with van der Waals surface area (Å²) >= 11 is 0. The van der Waals surface area contributed by atoms with Gasteiger partial charge in [-0.1, -0.05) is 6.07 Å². The number of morpholine rings is 1. The molecule has 1 fully saturated rings. The van der Waals surface area contributed by atoms with Gasteiger partial charge >= 0.3 is 0 Å². The van der Waals surface area contributed by atoms with Crippen molar-refractivity contribution < 1.29 is 19.0 Å². The lowest BCUT2D eigenvalue weighted by molar-refractivity contribution is -0.115. The second kappa shape index (κ2) is 8.48. The molecule has 0 spiro atoms. The van der Waals surface area contributed by atoms with Crippen molar-refractivity contribution in [3.05, 3.63) is 35.9 Å². The van der Waals surface area contributed by atoms with E-state index < -0.39 is 0 Å². The summed E-state index contributed by atoms with van der Waals surface area (Å²) in [6, 6.07) is 8.99. The van der Waals surface area contributed by atoms with E-state index in [0.717, 1.165) is 24.5 Å². The lowest BCUT2D eigenvalue weighted by Gasteiger charge is -2.27. The predicted octanol–water partition coefficient (Wildman–Crippen LogP) is 1.51. The largest absolute Gasteiger partial charge is 0.493 e. The van der Waals surface area contributed by atoms with E-state index in [1.54, 1.807) is 32.4 Å². The SMILES string of the molecule is COc1ccc(CC(=O)Nc2ccc(N3CCOCC3)nn2)cc1OC. The number of hydrogen-bond acceptors (Lipinski definition) is 7. The van der Waals surface area contributed by atoms with Crippen molar-refractivity contribution in [2.45, 2.75) is 6.42 Å². The van der Waals surface area contributed by atoms with E-state index in [9.17, 15) is 4.79 Å². The van der Waals surface area contributed by atoms with Gasteiger partial charge in [0.2, 0.25) is 5.91 Å². The fraction of sp³-hybridized carbons (Fsp3) is 0.389. The maximum absolute atomic E-state index is 12.2. The third kappa shape index (κ3) is 4.40. The predicted molar refractivity (Wildman–Crippen MR) is 96.9 cm³/mol. The fourth-order valence-electron chi connectivity index (χ4n) is 2.72. The van der Waals surface area contributed by atoms with Crippen LogP contribution < -0.4 is 19.7 Å². The minimum absolute atomic E-state index is 0.175. The molecule has 26 heavy (non-hydrogen) atoms. The van der Waals surface area contributed by atoms with Crippen molar-refractivity contribution in [1.29, 1.82) is 0 Å². The van der Waals surface area contributed by atoms with Crippen LogP contribution in [0.2, 0.25) is 0 Å². The van der Waals surface area contributed by atoms with Crippen molar-refractivity contribution in [1.82, 2.24) is 10.2 Å². The zero-order valence-corrected chi connectivity index (χ0v) is 14.9. The lowest BCUT2D eigenvalue weighted by atomic mass is 10.1. The molecule has 0 saturated carbocycles. The highest BCUT2D eigenvalue weighted by molar-refractivity contribution is 5.91. The first-order valence-electron chi connectivity index (χ1n) is 8.37. The lowest BCUT2D eigenvalue weighted by Crippen LogP contribution is -2.36. The highest BCUT2D eigenvalue weighted by Crippen LogP contribution is 2.27. The highest BCUT2D eigenvalue weighted by Gasteiger charge is 2.13. The standard InChI is InChI=1S/C18H22N4O4/c1-24-14-4-3-13(11-15(14)25-2)12-18(23)19-16-5-6-17(21-20-16)22-7-9-26-10-8-22/h3-6,11H,7-10,12H2,1-2H3,(H,19,20,23). The maximum Gasteiger partial charge on any atom is 0.229 e. The molecule has 1 saturated heterocycles. The first-order chi connectivity index (χ1) is 12.7. The average molecular weight is 358 g/mol. The van der Waals surface area contributed by atoms with Gasteiger partial charge in [-0.25, -0.2) is 0 Å². The molecule has 1 aliphatic rings. The Morgan fingerprint density at radius 1 is 1.12 bits per heavy atom. The first kappa shape index (κ1) is 17.9. The zero-order chi connectivity index (χ0) is 18.4. The van der Waals surface area contributed by atoms with Crippen molar-refractivity contribution in [2.24, 2.45) is 0 Å². The molecule has 8 nitrogen and oxygen atoms in total. The van der Waals surface area contributed by atoms with Crippen LogP contribution in [0.25, 0.3) is 0 Å². The second-order valence-corrected chi connectivity index (χ2v) is 5.79. The van der Waals surface area contributed by atoms with Crippen LogP contribution in [-0.4, -0.2) is 56.6 Å². The molecule has 0 bridgehead atoms. The summed E-state index contributed by atoms with van der Waals surface area (Å²) in [7, 11) is 3.14. The molecule has 1 N–H and O–H groups in total. The molecule has 1 aromatic carbocycles. The van der Waals surface area contributed by atoms with E-state index >= 15 is 0 Å². The molecule has 0 aliphatic carbocycles. The molecule has 1 aliphatic heterocycles. The van der Waals surface area contributed by atoms with Gasteiger partial charge in [-0.2, -0.15) is 0 Å². The molecule has 0 unspecified atom stereocenters. The van der Waals surface area contributed by atoms with Crippen molar-refractivity contribution in [2.75, 3.05) is 50.7 Å². The van der Waals surface area contributed by atoms with Gasteiger partial charge in [0.05, 0.1) is 33.9 Å². The monoisotopic (exact) mass is 358 g/mol. The molecule has 2 heterocycles. The third-order valence-electron chi connectivity index (χ3n) is 4.07. The highest BCUT2D eigenvalue weighted by atomic mass is 16.5. The van der Waals surface area contributed by atoms with Crippen molar-refractivity contribution in [3.63, 3.8) is 0 Å². The Balaban J connectivity index is 1.59. The number of benzene rings is 1. The average Bonchev–Trinajstić information content (AvgIpc) is 2.69. The van der Waals surface area contributed by atoms with Gasteiger partial charge in [-0.05, 0) is 29.8 Å². The molecule has 0 radical (unpaired) electrons. The van der Waals surface area contributed by atoms with Crippen LogP contribution in [-0.2, 0) is 16.0 Å². The molecule has 0 atom stereocenters. The number of anilines is 2. The summed E-state index contributed by atoms with van der Waals surface area (Å²) in [6.45, 7) is 2.95. The van der Waals surface area contributed by atoms with E-state index in [4.69, 9.17) is 14.2 Å². The van der Waals surface area contributed by atoms with Crippen LogP contribution in [0, 0.1) is 0 Å². The molecule has 2 aromatic rings. The third-order valence-corrected chi connectivity index (χ3v) is 4.07. The number of rotatable bonds is 6. The molecule has 1 aromatic heterocycles. The Morgan fingerprint density at radius 3 is 2.54 bits per heavy atom. The number of nitrogens with zero attached hydrogens (tertiary/aromatic N) is 3. The number of nitrogens with one attached hydrogen (secondary N) is 1. The van der Waals surface area contributed by atoms with E-state index in [2.05, 4.69) is 20.4 Å². The maximum atomic E-state index is 12.2. The van der Waals surface area contributed by atoms with Crippen LogP contribution in [0.3, 0.4) is 0 Å². The smallest absolute Gasteiger partial charge is 0.229 e. The van der Waals surface area contributed by atoms with E-state index in [-0.39, 0.29) is 12.3 Å². The van der Waals surface area contributed by atoms with Crippen LogP contribution in [0.1, 0.15) is 5.56 Å². The second-order valence-electron chi connectivity index (χ2n) is 5.79. The normalized spacial score (nSPS) is 14.0. The van der Waals surface area contributed by atoms with Gasteiger partial charge in [-0.15, -0.1) is 10.2 Å². The van der Waals surface area contributed by atoms with Crippen molar-refractivity contribution >= 4 is 17.5 Å². The molecule has 8 heteroatoms. The Kier molecular flexibility index (Phi) is 5.85. The van der Waals surface area contributed by atoms with Gasteiger partial charge < -0.3 is 24.4 Å². The quantitative estimate of drug-likeness (QED) is 0.838. The molecule has 3 rings (SSSR count). The van der Waals surface area contributed by atoms with Gasteiger partial charge in [0.1, 0.15) is 0 Å². The summed E-state index contributed by atoms with van der Waals surface area (Å²) in [4.78, 5) is 14.3.